The normalized spacial score (nSPS) is 12.3. The van der Waals surface area contributed by atoms with Crippen LogP contribution in [0.3, 0.4) is 0 Å². The van der Waals surface area contributed by atoms with E-state index < -0.39 is 0 Å². The third-order valence-corrected chi connectivity index (χ3v) is 4.42. The smallest absolute Gasteiger partial charge is 0.255 e. The highest BCUT2D eigenvalue weighted by Crippen LogP contribution is 2.25. The standard InChI is InChI=1S/C21H21FN2O2/c1-24(2)19(16-8-5-9-17(22)10-16)13-23-21(26)18-11-14-6-3-4-7-15(14)12-20(18)25/h3-12,19,25H,13H2,1-2H3,(H,23,26). The van der Waals surface area contributed by atoms with Gasteiger partial charge in [-0.2, -0.15) is 0 Å². The summed E-state index contributed by atoms with van der Waals surface area (Å²) in [4.78, 5) is 14.5. The first kappa shape index (κ1) is 17.9. The summed E-state index contributed by atoms with van der Waals surface area (Å²) >= 11 is 0. The Balaban J connectivity index is 1.79. The van der Waals surface area contributed by atoms with E-state index in [2.05, 4.69) is 5.32 Å². The van der Waals surface area contributed by atoms with Crippen molar-refractivity contribution in [2.24, 2.45) is 0 Å². The quantitative estimate of drug-likeness (QED) is 0.736. The fraction of sp³-hybridized carbons (Fsp3) is 0.190. The number of carbonyl (C=O) groups is 1. The van der Waals surface area contributed by atoms with Crippen LogP contribution in [-0.2, 0) is 0 Å². The molecule has 3 rings (SSSR count). The van der Waals surface area contributed by atoms with Crippen LogP contribution in [0.1, 0.15) is 22.0 Å². The van der Waals surface area contributed by atoms with E-state index in [4.69, 9.17) is 0 Å². The number of hydrogen-bond acceptors (Lipinski definition) is 3. The maximum Gasteiger partial charge on any atom is 0.255 e. The lowest BCUT2D eigenvalue weighted by molar-refractivity contribution is 0.0939. The van der Waals surface area contributed by atoms with Crippen LogP contribution in [0.2, 0.25) is 0 Å². The number of rotatable bonds is 5. The molecule has 0 bridgehead atoms. The predicted molar refractivity (Wildman–Crippen MR) is 101 cm³/mol. The van der Waals surface area contributed by atoms with Crippen LogP contribution in [0, 0.1) is 5.82 Å². The molecule has 0 aliphatic carbocycles. The van der Waals surface area contributed by atoms with Crippen molar-refractivity contribution in [1.82, 2.24) is 10.2 Å². The minimum Gasteiger partial charge on any atom is -0.507 e. The van der Waals surface area contributed by atoms with Gasteiger partial charge in [0.2, 0.25) is 0 Å². The van der Waals surface area contributed by atoms with Crippen molar-refractivity contribution >= 4 is 16.7 Å². The Hall–Kier alpha value is -2.92. The molecule has 5 heteroatoms. The Labute approximate surface area is 151 Å². The Bertz CT molecular complexity index is 940. The molecule has 0 fully saturated rings. The number of hydrogen-bond donors (Lipinski definition) is 2. The second kappa shape index (κ2) is 7.54. The van der Waals surface area contributed by atoms with E-state index in [1.165, 1.54) is 12.1 Å². The molecule has 0 aliphatic rings. The van der Waals surface area contributed by atoms with Crippen LogP contribution >= 0.6 is 0 Å². The molecule has 0 saturated carbocycles. The second-order valence-electron chi connectivity index (χ2n) is 6.46. The van der Waals surface area contributed by atoms with Crippen molar-refractivity contribution in [1.29, 1.82) is 0 Å². The fourth-order valence-electron chi connectivity index (χ4n) is 3.01. The first-order chi connectivity index (χ1) is 12.5. The molecular weight excluding hydrogens is 331 g/mol. The van der Waals surface area contributed by atoms with E-state index in [0.717, 1.165) is 16.3 Å². The summed E-state index contributed by atoms with van der Waals surface area (Å²) in [5.74, 6) is -0.738. The summed E-state index contributed by atoms with van der Waals surface area (Å²) in [5.41, 5.74) is 0.999. The van der Waals surface area contributed by atoms with Crippen LogP contribution in [0.4, 0.5) is 4.39 Å². The van der Waals surface area contributed by atoms with E-state index in [1.54, 1.807) is 18.2 Å². The highest BCUT2D eigenvalue weighted by molar-refractivity contribution is 6.01. The van der Waals surface area contributed by atoms with Gasteiger partial charge in [-0.25, -0.2) is 4.39 Å². The number of likely N-dealkylation sites (N-methyl/N-ethyl adjacent to an activating group) is 1. The molecule has 4 nitrogen and oxygen atoms in total. The van der Waals surface area contributed by atoms with E-state index >= 15 is 0 Å². The summed E-state index contributed by atoms with van der Waals surface area (Å²) in [6.07, 6.45) is 0. The monoisotopic (exact) mass is 352 g/mol. The fourth-order valence-corrected chi connectivity index (χ4v) is 3.01. The van der Waals surface area contributed by atoms with Gasteiger partial charge in [0.05, 0.1) is 11.6 Å². The average Bonchev–Trinajstić information content (AvgIpc) is 2.61. The molecule has 0 spiro atoms. The van der Waals surface area contributed by atoms with Crippen molar-refractivity contribution in [3.05, 3.63) is 77.6 Å². The zero-order chi connectivity index (χ0) is 18.7. The SMILES string of the molecule is CN(C)C(CNC(=O)c1cc2ccccc2cc1O)c1cccc(F)c1. The molecule has 3 aromatic carbocycles. The van der Waals surface area contributed by atoms with Gasteiger partial charge in [0, 0.05) is 6.54 Å². The van der Waals surface area contributed by atoms with Gasteiger partial charge in [-0.1, -0.05) is 36.4 Å². The molecule has 134 valence electrons. The van der Waals surface area contributed by atoms with Crippen LogP contribution in [0.25, 0.3) is 10.8 Å². The number of phenolic OH excluding ortho intramolecular Hbond substituents is 1. The lowest BCUT2D eigenvalue weighted by atomic mass is 10.0. The lowest BCUT2D eigenvalue weighted by Gasteiger charge is -2.25. The second-order valence-corrected chi connectivity index (χ2v) is 6.46. The molecule has 2 N–H and O–H groups in total. The predicted octanol–water partition coefficient (Wildman–Crippen LogP) is 3.72. The number of benzene rings is 3. The zero-order valence-corrected chi connectivity index (χ0v) is 14.7. The Morgan fingerprint density at radius 1 is 1.08 bits per heavy atom. The number of halogens is 1. The molecule has 0 aromatic heterocycles. The van der Waals surface area contributed by atoms with Gasteiger partial charge in [-0.3, -0.25) is 4.79 Å². The molecule has 0 heterocycles. The summed E-state index contributed by atoms with van der Waals surface area (Å²) in [7, 11) is 3.74. The van der Waals surface area contributed by atoms with Gasteiger partial charge in [0.1, 0.15) is 11.6 Å². The Morgan fingerprint density at radius 2 is 1.77 bits per heavy atom. The molecule has 1 amide bonds. The van der Waals surface area contributed by atoms with Gasteiger partial charge in [0.25, 0.3) is 5.91 Å². The summed E-state index contributed by atoms with van der Waals surface area (Å²) in [6.45, 7) is 0.293. The lowest BCUT2D eigenvalue weighted by Crippen LogP contribution is -2.34. The minimum atomic E-state index is -0.364. The average molecular weight is 352 g/mol. The molecular formula is C21H21FN2O2. The molecule has 3 aromatic rings. The number of fused-ring (bicyclic) bond motifs is 1. The van der Waals surface area contributed by atoms with Crippen LogP contribution in [0.15, 0.2) is 60.7 Å². The first-order valence-electron chi connectivity index (χ1n) is 8.37. The third-order valence-electron chi connectivity index (χ3n) is 4.42. The first-order valence-corrected chi connectivity index (χ1v) is 8.37. The maximum absolute atomic E-state index is 13.5. The topological polar surface area (TPSA) is 52.6 Å². The van der Waals surface area contributed by atoms with E-state index in [-0.39, 0.29) is 29.1 Å². The third kappa shape index (κ3) is 3.83. The molecule has 0 aliphatic heterocycles. The molecule has 1 unspecified atom stereocenters. The molecule has 1 atom stereocenters. The van der Waals surface area contributed by atoms with Gasteiger partial charge in [-0.05, 0) is 54.7 Å². The summed E-state index contributed by atoms with van der Waals surface area (Å²) in [5, 5.41) is 14.8. The van der Waals surface area contributed by atoms with Crippen molar-refractivity contribution in [3.63, 3.8) is 0 Å². The molecule has 26 heavy (non-hydrogen) atoms. The van der Waals surface area contributed by atoms with Gasteiger partial charge in [0.15, 0.2) is 0 Å². The summed E-state index contributed by atoms with van der Waals surface area (Å²) < 4.78 is 13.5. The van der Waals surface area contributed by atoms with Gasteiger partial charge in [-0.15, -0.1) is 0 Å². The number of nitrogens with one attached hydrogen (secondary N) is 1. The Kier molecular flexibility index (Phi) is 5.19. The zero-order valence-electron chi connectivity index (χ0n) is 14.7. The van der Waals surface area contributed by atoms with E-state index in [9.17, 15) is 14.3 Å². The molecule has 0 radical (unpaired) electrons. The van der Waals surface area contributed by atoms with Crippen molar-refractivity contribution < 1.29 is 14.3 Å². The number of carbonyl (C=O) groups excluding carboxylic acids is 1. The number of phenols is 1. The highest BCUT2D eigenvalue weighted by Gasteiger charge is 2.18. The number of nitrogens with zero attached hydrogens (tertiary/aromatic N) is 1. The number of aromatic hydroxyl groups is 1. The van der Waals surface area contributed by atoms with Crippen molar-refractivity contribution in [2.45, 2.75) is 6.04 Å². The van der Waals surface area contributed by atoms with Crippen LogP contribution in [-0.4, -0.2) is 36.6 Å². The highest BCUT2D eigenvalue weighted by atomic mass is 19.1. The minimum absolute atomic E-state index is 0.0617. The maximum atomic E-state index is 13.5. The number of amides is 1. The van der Waals surface area contributed by atoms with E-state index in [1.807, 2.05) is 49.3 Å². The van der Waals surface area contributed by atoms with Crippen LogP contribution in [0.5, 0.6) is 5.75 Å². The van der Waals surface area contributed by atoms with Crippen LogP contribution < -0.4 is 5.32 Å². The molecule has 0 saturated heterocycles. The van der Waals surface area contributed by atoms with Gasteiger partial charge < -0.3 is 15.3 Å². The van der Waals surface area contributed by atoms with Crippen molar-refractivity contribution in [3.8, 4) is 5.75 Å². The van der Waals surface area contributed by atoms with Gasteiger partial charge >= 0.3 is 0 Å². The van der Waals surface area contributed by atoms with Crippen molar-refractivity contribution in [2.75, 3.05) is 20.6 Å². The largest absolute Gasteiger partial charge is 0.507 e. The Morgan fingerprint density at radius 3 is 2.42 bits per heavy atom. The van der Waals surface area contributed by atoms with E-state index in [0.29, 0.717) is 6.54 Å². The summed E-state index contributed by atoms with van der Waals surface area (Å²) in [6, 6.07) is 16.9.